The Morgan fingerprint density at radius 3 is 2.71 bits per heavy atom. The molecule has 3 aromatic rings. The molecule has 0 saturated carbocycles. The van der Waals surface area contributed by atoms with Crippen LogP contribution in [0.15, 0.2) is 54.9 Å². The number of aryl methyl sites for hydroxylation is 1. The highest BCUT2D eigenvalue weighted by atomic mass is 15.5. The van der Waals surface area contributed by atoms with E-state index in [1.807, 2.05) is 12.1 Å². The summed E-state index contributed by atoms with van der Waals surface area (Å²) in [5.41, 5.74) is 4.60. The van der Waals surface area contributed by atoms with E-state index in [2.05, 4.69) is 64.2 Å². The van der Waals surface area contributed by atoms with Gasteiger partial charge in [0.2, 0.25) is 0 Å². The van der Waals surface area contributed by atoms with Crippen LogP contribution in [0.4, 0.5) is 5.69 Å². The molecular formula is C16H17N5. The molecule has 0 aliphatic carbocycles. The lowest BCUT2D eigenvalue weighted by Crippen LogP contribution is -2.07. The van der Waals surface area contributed by atoms with Crippen LogP contribution in [0.1, 0.15) is 11.1 Å². The van der Waals surface area contributed by atoms with E-state index in [0.29, 0.717) is 0 Å². The molecule has 3 rings (SSSR count). The zero-order valence-electron chi connectivity index (χ0n) is 11.9. The van der Waals surface area contributed by atoms with Crippen molar-refractivity contribution < 1.29 is 0 Å². The third-order valence-electron chi connectivity index (χ3n) is 3.41. The van der Waals surface area contributed by atoms with Gasteiger partial charge in [-0.05, 0) is 47.0 Å². The van der Waals surface area contributed by atoms with E-state index < -0.39 is 0 Å². The molecule has 0 aliphatic rings. The van der Waals surface area contributed by atoms with Crippen LogP contribution in [0.5, 0.6) is 0 Å². The summed E-state index contributed by atoms with van der Waals surface area (Å²) in [5, 5.41) is 14.7. The molecule has 0 saturated heterocycles. The van der Waals surface area contributed by atoms with Crippen molar-refractivity contribution in [2.75, 3.05) is 11.9 Å². The van der Waals surface area contributed by atoms with Gasteiger partial charge >= 0.3 is 0 Å². The average molecular weight is 279 g/mol. The third kappa shape index (κ3) is 3.25. The molecule has 5 nitrogen and oxygen atoms in total. The molecule has 0 bridgehead atoms. The lowest BCUT2D eigenvalue weighted by molar-refractivity contribution is 0.789. The SMILES string of the molecule is Cc1ccc(-n2cnnn2)cc1NCCc1ccccc1. The highest BCUT2D eigenvalue weighted by Gasteiger charge is 2.03. The molecule has 0 atom stereocenters. The van der Waals surface area contributed by atoms with Crippen LogP contribution in [0.3, 0.4) is 0 Å². The Morgan fingerprint density at radius 1 is 1.10 bits per heavy atom. The molecule has 0 fully saturated rings. The molecule has 0 spiro atoms. The summed E-state index contributed by atoms with van der Waals surface area (Å²) in [6.45, 7) is 2.98. The van der Waals surface area contributed by atoms with E-state index in [1.54, 1.807) is 11.0 Å². The minimum Gasteiger partial charge on any atom is -0.384 e. The fraction of sp³-hybridized carbons (Fsp3) is 0.188. The van der Waals surface area contributed by atoms with E-state index in [4.69, 9.17) is 0 Å². The van der Waals surface area contributed by atoms with E-state index in [-0.39, 0.29) is 0 Å². The van der Waals surface area contributed by atoms with Gasteiger partial charge in [-0.15, -0.1) is 5.10 Å². The second kappa shape index (κ2) is 6.17. The fourth-order valence-electron chi connectivity index (χ4n) is 2.21. The lowest BCUT2D eigenvalue weighted by Gasteiger charge is -2.11. The van der Waals surface area contributed by atoms with Crippen LogP contribution in [-0.2, 0) is 6.42 Å². The summed E-state index contributed by atoms with van der Waals surface area (Å²) >= 11 is 0. The number of nitrogens with one attached hydrogen (secondary N) is 1. The largest absolute Gasteiger partial charge is 0.384 e. The molecule has 2 aromatic carbocycles. The van der Waals surface area contributed by atoms with Gasteiger partial charge in [-0.25, -0.2) is 4.68 Å². The van der Waals surface area contributed by atoms with Crippen molar-refractivity contribution in [3.63, 3.8) is 0 Å². The molecule has 0 radical (unpaired) electrons. The maximum Gasteiger partial charge on any atom is 0.143 e. The van der Waals surface area contributed by atoms with Crippen molar-refractivity contribution in [3.8, 4) is 5.69 Å². The first-order valence-corrected chi connectivity index (χ1v) is 6.95. The molecular weight excluding hydrogens is 262 g/mol. The van der Waals surface area contributed by atoms with Gasteiger partial charge in [0.15, 0.2) is 0 Å². The van der Waals surface area contributed by atoms with Crippen molar-refractivity contribution in [3.05, 3.63) is 66.0 Å². The molecule has 1 aromatic heterocycles. The Bertz CT molecular complexity index is 692. The minimum absolute atomic E-state index is 0.893. The summed E-state index contributed by atoms with van der Waals surface area (Å²) < 4.78 is 1.65. The zero-order valence-corrected chi connectivity index (χ0v) is 11.9. The Morgan fingerprint density at radius 2 is 1.95 bits per heavy atom. The second-order valence-corrected chi connectivity index (χ2v) is 4.92. The van der Waals surface area contributed by atoms with Crippen molar-refractivity contribution in [1.82, 2.24) is 20.2 Å². The third-order valence-corrected chi connectivity index (χ3v) is 3.41. The maximum absolute atomic E-state index is 3.91. The topological polar surface area (TPSA) is 55.6 Å². The Kier molecular flexibility index (Phi) is 3.91. The van der Waals surface area contributed by atoms with Crippen molar-refractivity contribution in [2.24, 2.45) is 0 Å². The summed E-state index contributed by atoms with van der Waals surface area (Å²) in [5.74, 6) is 0. The minimum atomic E-state index is 0.893. The number of hydrogen-bond donors (Lipinski definition) is 1. The first-order valence-electron chi connectivity index (χ1n) is 6.95. The predicted octanol–water partition coefficient (Wildman–Crippen LogP) is 2.63. The second-order valence-electron chi connectivity index (χ2n) is 4.92. The maximum atomic E-state index is 3.91. The summed E-state index contributed by atoms with van der Waals surface area (Å²) in [4.78, 5) is 0. The number of tetrazole rings is 1. The summed E-state index contributed by atoms with van der Waals surface area (Å²) in [6, 6.07) is 16.6. The Hall–Kier alpha value is -2.69. The van der Waals surface area contributed by atoms with E-state index >= 15 is 0 Å². The van der Waals surface area contributed by atoms with Crippen molar-refractivity contribution in [1.29, 1.82) is 0 Å². The van der Waals surface area contributed by atoms with E-state index in [1.165, 1.54) is 11.1 Å². The smallest absolute Gasteiger partial charge is 0.143 e. The average Bonchev–Trinajstić information content (AvgIpc) is 3.04. The van der Waals surface area contributed by atoms with Gasteiger partial charge in [0.1, 0.15) is 6.33 Å². The quantitative estimate of drug-likeness (QED) is 0.780. The summed E-state index contributed by atoms with van der Waals surface area (Å²) in [7, 11) is 0. The number of nitrogens with zero attached hydrogens (tertiary/aromatic N) is 4. The van der Waals surface area contributed by atoms with E-state index in [0.717, 1.165) is 24.3 Å². The first-order chi connectivity index (χ1) is 10.3. The zero-order chi connectivity index (χ0) is 14.5. The van der Waals surface area contributed by atoms with Gasteiger partial charge < -0.3 is 5.32 Å². The highest BCUT2D eigenvalue weighted by Crippen LogP contribution is 2.18. The van der Waals surface area contributed by atoms with E-state index in [9.17, 15) is 0 Å². The molecule has 0 aliphatic heterocycles. The van der Waals surface area contributed by atoms with Crippen LogP contribution < -0.4 is 5.32 Å². The number of hydrogen-bond acceptors (Lipinski definition) is 4. The van der Waals surface area contributed by atoms with Crippen LogP contribution in [0.2, 0.25) is 0 Å². The first kappa shape index (κ1) is 13.3. The number of aromatic nitrogens is 4. The molecule has 0 amide bonds. The van der Waals surface area contributed by atoms with Gasteiger partial charge in [0, 0.05) is 12.2 Å². The number of anilines is 1. The van der Waals surface area contributed by atoms with Crippen molar-refractivity contribution in [2.45, 2.75) is 13.3 Å². The van der Waals surface area contributed by atoms with Crippen LogP contribution >= 0.6 is 0 Å². The van der Waals surface area contributed by atoms with Crippen LogP contribution in [0.25, 0.3) is 5.69 Å². The Balaban J connectivity index is 1.69. The number of benzene rings is 2. The molecule has 5 heteroatoms. The molecule has 0 unspecified atom stereocenters. The summed E-state index contributed by atoms with van der Waals surface area (Å²) in [6.07, 6.45) is 2.59. The van der Waals surface area contributed by atoms with Crippen LogP contribution in [0, 0.1) is 6.92 Å². The fourth-order valence-corrected chi connectivity index (χ4v) is 2.21. The van der Waals surface area contributed by atoms with Gasteiger partial charge in [0.05, 0.1) is 5.69 Å². The van der Waals surface area contributed by atoms with Gasteiger partial charge in [0.25, 0.3) is 0 Å². The highest BCUT2D eigenvalue weighted by molar-refractivity contribution is 5.56. The lowest BCUT2D eigenvalue weighted by atomic mass is 10.1. The predicted molar refractivity (Wildman–Crippen MR) is 82.5 cm³/mol. The standard InChI is InChI=1S/C16H17N5/c1-13-7-8-15(21-12-18-19-20-21)11-16(13)17-10-9-14-5-3-2-4-6-14/h2-8,11-12,17H,9-10H2,1H3. The van der Waals surface area contributed by atoms with Crippen LogP contribution in [-0.4, -0.2) is 26.8 Å². The van der Waals surface area contributed by atoms with Gasteiger partial charge in [-0.1, -0.05) is 36.4 Å². The molecule has 1 heterocycles. The molecule has 106 valence electrons. The van der Waals surface area contributed by atoms with Gasteiger partial charge in [-0.2, -0.15) is 0 Å². The normalized spacial score (nSPS) is 10.5. The van der Waals surface area contributed by atoms with Gasteiger partial charge in [-0.3, -0.25) is 0 Å². The molecule has 21 heavy (non-hydrogen) atoms. The van der Waals surface area contributed by atoms with Crippen molar-refractivity contribution >= 4 is 5.69 Å². The Labute approximate surface area is 123 Å². The monoisotopic (exact) mass is 279 g/mol. The molecule has 1 N–H and O–H groups in total. The number of rotatable bonds is 5.